The van der Waals surface area contributed by atoms with Gasteiger partial charge in [0.1, 0.15) is 0 Å². The average Bonchev–Trinajstić information content (AvgIpc) is 3.09. The number of alkyl halides is 9. The first-order valence-corrected chi connectivity index (χ1v) is 8.88. The van der Waals surface area contributed by atoms with Crippen LogP contribution in [-0.4, -0.2) is 15.7 Å². The van der Waals surface area contributed by atoms with Crippen LogP contribution in [0, 0.1) is 0 Å². The topological polar surface area (TPSA) is 46.9 Å². The van der Waals surface area contributed by atoms with E-state index in [1.54, 1.807) is 0 Å². The number of hydrogen-bond acceptors (Lipinski definition) is 2. The van der Waals surface area contributed by atoms with Gasteiger partial charge in [-0.05, 0) is 29.8 Å². The van der Waals surface area contributed by atoms with Gasteiger partial charge in [0.2, 0.25) is 0 Å². The molecule has 0 fully saturated rings. The zero-order valence-corrected chi connectivity index (χ0v) is 16.3. The Balaban J connectivity index is 2.09. The van der Waals surface area contributed by atoms with Crippen molar-refractivity contribution in [2.24, 2.45) is 7.05 Å². The van der Waals surface area contributed by atoms with Crippen LogP contribution in [0.3, 0.4) is 0 Å². The van der Waals surface area contributed by atoms with E-state index in [1.165, 1.54) is 12.1 Å². The second-order valence-electron chi connectivity index (χ2n) is 6.86. The minimum Gasteiger partial charge on any atom is -0.321 e. The van der Waals surface area contributed by atoms with Crippen molar-refractivity contribution < 1.29 is 44.3 Å². The predicted octanol–water partition coefficient (Wildman–Crippen LogP) is 6.40. The van der Waals surface area contributed by atoms with Crippen molar-refractivity contribution >= 4 is 11.6 Å². The summed E-state index contributed by atoms with van der Waals surface area (Å²) in [7, 11) is 1.14. The van der Waals surface area contributed by atoms with E-state index < -0.39 is 52.4 Å². The largest absolute Gasteiger partial charge is 0.435 e. The summed E-state index contributed by atoms with van der Waals surface area (Å²) < 4.78 is 119. The molecule has 0 saturated heterocycles. The number of carbonyl (C=O) groups excluding carboxylic acids is 1. The number of nitrogens with one attached hydrogen (secondary N) is 1. The van der Waals surface area contributed by atoms with Crippen molar-refractivity contribution in [1.82, 2.24) is 9.78 Å². The van der Waals surface area contributed by atoms with Crippen LogP contribution in [0.1, 0.15) is 27.2 Å². The molecule has 1 amide bonds. The van der Waals surface area contributed by atoms with Gasteiger partial charge in [-0.25, -0.2) is 0 Å². The number of anilines is 1. The molecule has 176 valence electrons. The van der Waals surface area contributed by atoms with Crippen LogP contribution < -0.4 is 5.32 Å². The summed E-state index contributed by atoms with van der Waals surface area (Å²) in [5, 5.41) is 5.30. The molecule has 0 radical (unpaired) electrons. The van der Waals surface area contributed by atoms with Gasteiger partial charge in [0, 0.05) is 24.5 Å². The Hall–Kier alpha value is -3.51. The number of nitrogens with zero attached hydrogens (tertiary/aromatic N) is 2. The molecule has 1 heterocycles. The third kappa shape index (κ3) is 5.29. The lowest BCUT2D eigenvalue weighted by atomic mass is 9.97. The minimum atomic E-state index is -5.11. The number of amides is 1. The molecule has 3 aromatic rings. The van der Waals surface area contributed by atoms with E-state index in [0.29, 0.717) is 12.1 Å². The van der Waals surface area contributed by atoms with Gasteiger partial charge in [0.15, 0.2) is 5.69 Å². The summed E-state index contributed by atoms with van der Waals surface area (Å²) in [6.45, 7) is 0. The van der Waals surface area contributed by atoms with Crippen molar-refractivity contribution in [1.29, 1.82) is 0 Å². The number of rotatable bonds is 3. The lowest BCUT2D eigenvalue weighted by Gasteiger charge is -2.16. The van der Waals surface area contributed by atoms with Gasteiger partial charge in [-0.1, -0.05) is 18.2 Å². The first-order chi connectivity index (χ1) is 15.1. The molecule has 0 saturated carbocycles. The Morgan fingerprint density at radius 3 is 1.91 bits per heavy atom. The van der Waals surface area contributed by atoms with E-state index in [2.05, 4.69) is 10.4 Å². The van der Waals surface area contributed by atoms with Crippen molar-refractivity contribution in [2.45, 2.75) is 18.5 Å². The molecule has 0 unspecified atom stereocenters. The fraction of sp³-hybridized carbons (Fsp3) is 0.200. The van der Waals surface area contributed by atoms with Gasteiger partial charge < -0.3 is 5.32 Å². The molecule has 4 nitrogen and oxygen atoms in total. The van der Waals surface area contributed by atoms with Crippen molar-refractivity contribution in [3.05, 3.63) is 71.0 Å². The van der Waals surface area contributed by atoms with Gasteiger partial charge in [0.25, 0.3) is 5.91 Å². The van der Waals surface area contributed by atoms with Crippen LogP contribution in [0.25, 0.3) is 11.1 Å². The Labute approximate surface area is 179 Å². The normalized spacial score (nSPS) is 12.7. The van der Waals surface area contributed by atoms with Crippen molar-refractivity contribution in [2.75, 3.05) is 5.32 Å². The molecular formula is C20H12F9N3O. The van der Waals surface area contributed by atoms with E-state index in [0.717, 1.165) is 30.1 Å². The molecule has 1 aromatic heterocycles. The number of para-hydroxylation sites is 1. The van der Waals surface area contributed by atoms with Crippen molar-refractivity contribution in [3.63, 3.8) is 0 Å². The molecule has 33 heavy (non-hydrogen) atoms. The highest BCUT2D eigenvalue weighted by Crippen LogP contribution is 2.40. The number of hydrogen-bond donors (Lipinski definition) is 1. The number of aryl methyl sites for hydroxylation is 1. The molecule has 0 bridgehead atoms. The van der Waals surface area contributed by atoms with Crippen LogP contribution in [0.5, 0.6) is 0 Å². The molecule has 2 aromatic carbocycles. The Bertz CT molecular complexity index is 1160. The van der Waals surface area contributed by atoms with Gasteiger partial charge in [-0.2, -0.15) is 44.6 Å². The van der Waals surface area contributed by atoms with Gasteiger partial charge in [-0.3, -0.25) is 9.48 Å². The first-order valence-electron chi connectivity index (χ1n) is 8.88. The maximum absolute atomic E-state index is 13.2. The van der Waals surface area contributed by atoms with Gasteiger partial charge >= 0.3 is 18.5 Å². The van der Waals surface area contributed by atoms with E-state index in [9.17, 15) is 44.3 Å². The van der Waals surface area contributed by atoms with E-state index >= 15 is 0 Å². The smallest absolute Gasteiger partial charge is 0.321 e. The fourth-order valence-electron chi connectivity index (χ4n) is 3.01. The van der Waals surface area contributed by atoms with Crippen LogP contribution >= 0.6 is 0 Å². The molecule has 0 aliphatic heterocycles. The molecular weight excluding hydrogens is 469 g/mol. The SMILES string of the molecule is Cn1cc(C(=O)Nc2ccccc2-c2cc(C(F)(F)F)cc(C(F)(F)F)c2)c(C(F)(F)F)n1. The quantitative estimate of drug-likeness (QED) is 0.441. The summed E-state index contributed by atoms with van der Waals surface area (Å²) in [4.78, 5) is 12.5. The van der Waals surface area contributed by atoms with Crippen molar-refractivity contribution in [3.8, 4) is 11.1 Å². The second kappa shape index (κ2) is 8.12. The van der Waals surface area contributed by atoms with E-state index in [-0.39, 0.29) is 17.3 Å². The highest BCUT2D eigenvalue weighted by Gasteiger charge is 2.39. The summed E-state index contributed by atoms with van der Waals surface area (Å²) in [6, 6.07) is 5.67. The Morgan fingerprint density at radius 1 is 0.848 bits per heavy atom. The first kappa shape index (κ1) is 24.1. The summed E-state index contributed by atoms with van der Waals surface area (Å²) >= 11 is 0. The van der Waals surface area contributed by atoms with E-state index in [1.807, 2.05) is 0 Å². The number of halogens is 9. The maximum atomic E-state index is 13.2. The van der Waals surface area contributed by atoms with Crippen LogP contribution in [0.2, 0.25) is 0 Å². The summed E-state index contributed by atoms with van der Waals surface area (Å²) in [5.74, 6) is -1.30. The zero-order valence-electron chi connectivity index (χ0n) is 16.3. The van der Waals surface area contributed by atoms with Gasteiger partial charge in [0.05, 0.1) is 16.7 Å². The Morgan fingerprint density at radius 2 is 1.39 bits per heavy atom. The standard InChI is InChI=1S/C20H12F9N3O/c1-32-9-14(16(31-32)20(27,28)29)17(33)30-15-5-3-2-4-13(15)10-6-11(18(21,22)23)8-12(7-10)19(24,25)26/h2-9H,1H3,(H,30,33). The van der Waals surface area contributed by atoms with Crippen LogP contribution in [-0.2, 0) is 25.6 Å². The minimum absolute atomic E-state index is 0.0596. The zero-order chi connectivity index (χ0) is 24.8. The summed E-state index contributed by atoms with van der Waals surface area (Å²) in [6.07, 6.45) is -14.4. The number of carbonyl (C=O) groups is 1. The molecule has 13 heteroatoms. The highest BCUT2D eigenvalue weighted by molar-refractivity contribution is 6.07. The molecule has 0 spiro atoms. The second-order valence-corrected chi connectivity index (χ2v) is 6.86. The lowest BCUT2D eigenvalue weighted by molar-refractivity contribution is -0.143. The highest BCUT2D eigenvalue weighted by atomic mass is 19.4. The Kier molecular flexibility index (Phi) is 5.94. The summed E-state index contributed by atoms with van der Waals surface area (Å²) in [5.41, 5.74) is -6.65. The van der Waals surface area contributed by atoms with Gasteiger partial charge in [-0.15, -0.1) is 0 Å². The molecule has 0 aliphatic carbocycles. The third-order valence-electron chi connectivity index (χ3n) is 4.42. The molecule has 0 aliphatic rings. The molecule has 1 N–H and O–H groups in total. The predicted molar refractivity (Wildman–Crippen MR) is 98.0 cm³/mol. The average molecular weight is 481 g/mol. The van der Waals surface area contributed by atoms with Crippen LogP contribution in [0.15, 0.2) is 48.7 Å². The molecule has 3 rings (SSSR count). The number of aromatic nitrogens is 2. The fourth-order valence-corrected chi connectivity index (χ4v) is 3.01. The van der Waals surface area contributed by atoms with E-state index in [4.69, 9.17) is 0 Å². The van der Waals surface area contributed by atoms with Crippen LogP contribution in [0.4, 0.5) is 45.2 Å². The maximum Gasteiger partial charge on any atom is 0.435 e. The monoisotopic (exact) mass is 481 g/mol. The lowest BCUT2D eigenvalue weighted by Crippen LogP contribution is -2.18. The molecule has 0 atom stereocenters. The third-order valence-corrected chi connectivity index (χ3v) is 4.42. The number of benzene rings is 2.